The van der Waals surface area contributed by atoms with Crippen LogP contribution in [0.2, 0.25) is 0 Å². The molecular formula is C21H32FN3O3. The molecule has 1 amide bonds. The van der Waals surface area contributed by atoms with Gasteiger partial charge in [0.1, 0.15) is 5.69 Å². The van der Waals surface area contributed by atoms with Crippen LogP contribution in [0.25, 0.3) is 0 Å². The molecule has 0 aromatic carbocycles. The molecule has 6 nitrogen and oxygen atoms in total. The molecule has 1 aliphatic carbocycles. The maximum atomic E-state index is 12.9. The first kappa shape index (κ1) is 20.8. The lowest BCUT2D eigenvalue weighted by molar-refractivity contribution is 0.0119. The van der Waals surface area contributed by atoms with Crippen molar-refractivity contribution >= 4 is 11.6 Å². The minimum absolute atomic E-state index is 0.138. The Morgan fingerprint density at radius 1 is 1.29 bits per heavy atom. The third-order valence-corrected chi connectivity index (χ3v) is 5.86. The molecule has 0 spiro atoms. The number of carbonyl (C=O) groups excluding carboxylic acids is 1. The first-order valence-corrected chi connectivity index (χ1v) is 10.5. The average molecular weight is 394 g/mol. The number of aromatic nitrogens is 1. The van der Waals surface area contributed by atoms with Gasteiger partial charge >= 0.3 is 0 Å². The van der Waals surface area contributed by atoms with Crippen LogP contribution in [-0.2, 0) is 4.74 Å². The fraction of sp³-hybridized carbons (Fsp3) is 0.714. The number of alkyl halides is 1. The van der Waals surface area contributed by atoms with Crippen molar-refractivity contribution in [1.82, 2.24) is 10.3 Å². The van der Waals surface area contributed by atoms with Crippen LogP contribution in [0.15, 0.2) is 12.1 Å². The summed E-state index contributed by atoms with van der Waals surface area (Å²) in [6.07, 6.45) is 6.01. The topological polar surface area (TPSA) is 63.7 Å². The second-order valence-corrected chi connectivity index (χ2v) is 7.87. The van der Waals surface area contributed by atoms with Crippen molar-refractivity contribution in [2.45, 2.75) is 57.9 Å². The minimum atomic E-state index is -0.862. The number of carbonyl (C=O) groups is 1. The van der Waals surface area contributed by atoms with Gasteiger partial charge in [0.2, 0.25) is 5.88 Å². The third-order valence-electron chi connectivity index (χ3n) is 5.86. The van der Waals surface area contributed by atoms with Crippen LogP contribution >= 0.6 is 0 Å². The van der Waals surface area contributed by atoms with Gasteiger partial charge in [0.15, 0.2) is 6.86 Å². The molecule has 7 heteroatoms. The number of anilines is 1. The van der Waals surface area contributed by atoms with E-state index >= 15 is 0 Å². The second-order valence-electron chi connectivity index (χ2n) is 7.87. The van der Waals surface area contributed by atoms with E-state index in [9.17, 15) is 9.18 Å². The lowest BCUT2D eigenvalue weighted by atomic mass is 9.93. The van der Waals surface area contributed by atoms with Crippen molar-refractivity contribution in [1.29, 1.82) is 0 Å². The standard InChI is InChI=1S/C21H32FN3O3/c1-3-21(4-2,14-27-15-22)24-19(26)17-9-10-18(25-11-5-6-12-25)20(23-17)28-13-16-7-8-16/h9-10,16H,3-8,11-15H2,1-2H3,(H,24,26). The van der Waals surface area contributed by atoms with E-state index in [4.69, 9.17) is 9.47 Å². The Morgan fingerprint density at radius 2 is 2.00 bits per heavy atom. The van der Waals surface area contributed by atoms with Gasteiger partial charge in [0, 0.05) is 13.1 Å². The molecule has 3 rings (SSSR count). The Bertz CT molecular complexity index is 656. The molecule has 1 aromatic heterocycles. The van der Waals surface area contributed by atoms with E-state index in [1.54, 1.807) is 6.07 Å². The summed E-state index contributed by atoms with van der Waals surface area (Å²) in [6, 6.07) is 3.69. The van der Waals surface area contributed by atoms with Crippen molar-refractivity contribution in [2.75, 3.05) is 38.1 Å². The predicted octanol–water partition coefficient (Wildman–Crippen LogP) is 3.70. The Morgan fingerprint density at radius 3 is 2.61 bits per heavy atom. The number of nitrogens with one attached hydrogen (secondary N) is 1. The fourth-order valence-corrected chi connectivity index (χ4v) is 3.55. The predicted molar refractivity (Wildman–Crippen MR) is 107 cm³/mol. The highest BCUT2D eigenvalue weighted by atomic mass is 19.1. The molecule has 0 atom stereocenters. The van der Waals surface area contributed by atoms with Gasteiger partial charge < -0.3 is 19.7 Å². The number of amides is 1. The van der Waals surface area contributed by atoms with Crippen LogP contribution in [0, 0.1) is 5.92 Å². The molecular weight excluding hydrogens is 361 g/mol. The zero-order chi connectivity index (χ0) is 20.0. The summed E-state index contributed by atoms with van der Waals surface area (Å²) in [6.45, 7) is 5.82. The zero-order valence-electron chi connectivity index (χ0n) is 17.0. The normalized spacial score (nSPS) is 17.0. The molecule has 2 aliphatic rings. The molecule has 28 heavy (non-hydrogen) atoms. The first-order chi connectivity index (χ1) is 13.6. The number of pyridine rings is 1. The molecule has 0 unspecified atom stereocenters. The summed E-state index contributed by atoms with van der Waals surface area (Å²) in [5.41, 5.74) is 0.682. The van der Waals surface area contributed by atoms with E-state index in [1.807, 2.05) is 19.9 Å². The highest BCUT2D eigenvalue weighted by molar-refractivity contribution is 5.93. The molecule has 2 fully saturated rings. The van der Waals surface area contributed by atoms with Gasteiger partial charge in [-0.25, -0.2) is 9.37 Å². The smallest absolute Gasteiger partial charge is 0.270 e. The summed E-state index contributed by atoms with van der Waals surface area (Å²) < 4.78 is 23.5. The second kappa shape index (κ2) is 9.54. The van der Waals surface area contributed by atoms with E-state index in [2.05, 4.69) is 15.2 Å². The quantitative estimate of drug-likeness (QED) is 0.621. The summed E-state index contributed by atoms with van der Waals surface area (Å²) in [5, 5.41) is 3.01. The number of ether oxygens (including phenoxy) is 2. The maximum Gasteiger partial charge on any atom is 0.270 e. The van der Waals surface area contributed by atoms with Crippen molar-refractivity contribution in [2.24, 2.45) is 5.92 Å². The number of rotatable bonds is 11. The molecule has 1 aromatic rings. The van der Waals surface area contributed by atoms with E-state index in [0.717, 1.165) is 31.6 Å². The van der Waals surface area contributed by atoms with E-state index in [-0.39, 0.29) is 12.5 Å². The van der Waals surface area contributed by atoms with Gasteiger partial charge in [0.05, 0.1) is 24.4 Å². The Labute approximate surface area is 166 Å². The molecule has 1 saturated heterocycles. The number of hydrogen-bond acceptors (Lipinski definition) is 5. The number of nitrogens with zero attached hydrogens (tertiary/aromatic N) is 2. The van der Waals surface area contributed by atoms with E-state index in [0.29, 0.717) is 36.9 Å². The van der Waals surface area contributed by atoms with Gasteiger partial charge in [-0.05, 0) is 56.6 Å². The Kier molecular flexibility index (Phi) is 7.10. The SMILES string of the molecule is CCC(CC)(COCF)NC(=O)c1ccc(N2CCCC2)c(OCC2CC2)n1. The fourth-order valence-electron chi connectivity index (χ4n) is 3.55. The lowest BCUT2D eigenvalue weighted by Gasteiger charge is -2.32. The average Bonchev–Trinajstić information content (AvgIpc) is 3.40. The van der Waals surface area contributed by atoms with E-state index in [1.165, 1.54) is 12.8 Å². The van der Waals surface area contributed by atoms with Gasteiger partial charge in [-0.1, -0.05) is 13.8 Å². The van der Waals surface area contributed by atoms with Crippen molar-refractivity contribution in [3.63, 3.8) is 0 Å². The summed E-state index contributed by atoms with van der Waals surface area (Å²) in [4.78, 5) is 19.7. The summed E-state index contributed by atoms with van der Waals surface area (Å²) in [5.74, 6) is 0.867. The molecule has 2 heterocycles. The lowest BCUT2D eigenvalue weighted by Crippen LogP contribution is -2.51. The number of hydrogen-bond donors (Lipinski definition) is 1. The van der Waals surface area contributed by atoms with Crippen molar-refractivity contribution in [3.8, 4) is 5.88 Å². The van der Waals surface area contributed by atoms with Crippen molar-refractivity contribution in [3.05, 3.63) is 17.8 Å². The Hall–Kier alpha value is -1.89. The molecule has 1 N–H and O–H groups in total. The van der Waals surface area contributed by atoms with Crippen molar-refractivity contribution < 1.29 is 18.7 Å². The monoisotopic (exact) mass is 393 g/mol. The van der Waals surface area contributed by atoms with Gasteiger partial charge in [-0.2, -0.15) is 0 Å². The molecule has 156 valence electrons. The zero-order valence-corrected chi connectivity index (χ0v) is 17.0. The van der Waals surface area contributed by atoms with Gasteiger partial charge in [-0.3, -0.25) is 4.79 Å². The van der Waals surface area contributed by atoms with Gasteiger partial charge in [0.25, 0.3) is 5.91 Å². The molecule has 0 radical (unpaired) electrons. The molecule has 1 saturated carbocycles. The minimum Gasteiger partial charge on any atom is -0.476 e. The summed E-state index contributed by atoms with van der Waals surface area (Å²) >= 11 is 0. The number of halogens is 1. The van der Waals surface area contributed by atoms with E-state index < -0.39 is 12.4 Å². The largest absolute Gasteiger partial charge is 0.476 e. The Balaban J connectivity index is 1.77. The van der Waals surface area contributed by atoms with Crippen LogP contribution in [0.4, 0.5) is 10.1 Å². The maximum absolute atomic E-state index is 12.9. The third kappa shape index (κ3) is 5.13. The summed E-state index contributed by atoms with van der Waals surface area (Å²) in [7, 11) is 0. The van der Waals surface area contributed by atoms with Crippen LogP contribution in [0.1, 0.15) is 62.9 Å². The van der Waals surface area contributed by atoms with Crippen LogP contribution in [0.5, 0.6) is 5.88 Å². The highest BCUT2D eigenvalue weighted by Crippen LogP contribution is 2.33. The van der Waals surface area contributed by atoms with Crippen LogP contribution in [-0.4, -0.2) is 49.6 Å². The molecule has 0 bridgehead atoms. The van der Waals surface area contributed by atoms with Crippen LogP contribution < -0.4 is 15.0 Å². The van der Waals surface area contributed by atoms with Crippen LogP contribution in [0.3, 0.4) is 0 Å². The molecule has 1 aliphatic heterocycles. The highest BCUT2D eigenvalue weighted by Gasteiger charge is 2.30. The first-order valence-electron chi connectivity index (χ1n) is 10.5. The van der Waals surface area contributed by atoms with Gasteiger partial charge in [-0.15, -0.1) is 0 Å².